The first-order valence-corrected chi connectivity index (χ1v) is 8.03. The molecule has 2 aliphatic rings. The summed E-state index contributed by atoms with van der Waals surface area (Å²) in [5.41, 5.74) is 4.85. The molecule has 2 aliphatic heterocycles. The lowest BCUT2D eigenvalue weighted by atomic mass is 9.81. The quantitative estimate of drug-likeness (QED) is 0.895. The van der Waals surface area contributed by atoms with Crippen LogP contribution >= 0.6 is 0 Å². The highest BCUT2D eigenvalue weighted by atomic mass is 16.3. The van der Waals surface area contributed by atoms with Gasteiger partial charge in [-0.25, -0.2) is 0 Å². The zero-order valence-corrected chi connectivity index (χ0v) is 13.1. The molecule has 2 atom stereocenters. The summed E-state index contributed by atoms with van der Waals surface area (Å²) in [6.07, 6.45) is 5.50. The molecule has 0 saturated carbocycles. The highest BCUT2D eigenvalue weighted by Crippen LogP contribution is 2.38. The third kappa shape index (κ3) is 2.40. The standard InChI is InChI=1S/C18H27NO/c1-13-10-14(2)16(15(3)11-13)12-18(20)7-9-19-8-5-4-6-17(18)19/h10-11,17,20H,4-9,12H2,1-3H3. The van der Waals surface area contributed by atoms with Gasteiger partial charge in [0.15, 0.2) is 0 Å². The van der Waals surface area contributed by atoms with Gasteiger partial charge < -0.3 is 5.11 Å². The van der Waals surface area contributed by atoms with Gasteiger partial charge in [-0.1, -0.05) is 24.1 Å². The fourth-order valence-corrected chi connectivity index (χ4v) is 4.37. The van der Waals surface area contributed by atoms with Crippen molar-refractivity contribution in [3.8, 4) is 0 Å². The molecule has 110 valence electrons. The summed E-state index contributed by atoms with van der Waals surface area (Å²) < 4.78 is 0. The highest BCUT2D eigenvalue weighted by molar-refractivity contribution is 5.39. The Hall–Kier alpha value is -0.860. The van der Waals surface area contributed by atoms with E-state index in [1.807, 2.05) is 0 Å². The number of piperidine rings is 1. The van der Waals surface area contributed by atoms with Gasteiger partial charge in [-0.2, -0.15) is 0 Å². The van der Waals surface area contributed by atoms with E-state index in [1.54, 1.807) is 0 Å². The summed E-state index contributed by atoms with van der Waals surface area (Å²) in [6.45, 7) is 8.78. The first-order chi connectivity index (χ1) is 9.49. The maximum absolute atomic E-state index is 11.2. The molecule has 2 heterocycles. The van der Waals surface area contributed by atoms with Crippen LogP contribution in [-0.4, -0.2) is 34.7 Å². The van der Waals surface area contributed by atoms with Crippen LogP contribution in [0, 0.1) is 20.8 Å². The molecule has 2 unspecified atom stereocenters. The molecule has 0 amide bonds. The third-order valence-corrected chi connectivity index (χ3v) is 5.39. The van der Waals surface area contributed by atoms with Crippen LogP contribution in [0.2, 0.25) is 0 Å². The molecule has 2 fully saturated rings. The van der Waals surface area contributed by atoms with Gasteiger partial charge in [-0.05, 0) is 63.3 Å². The van der Waals surface area contributed by atoms with E-state index in [4.69, 9.17) is 0 Å². The zero-order valence-electron chi connectivity index (χ0n) is 13.1. The van der Waals surface area contributed by atoms with Crippen molar-refractivity contribution in [1.29, 1.82) is 0 Å². The molecule has 2 saturated heterocycles. The Labute approximate surface area is 122 Å². The Morgan fingerprint density at radius 1 is 1.15 bits per heavy atom. The minimum atomic E-state index is -0.509. The van der Waals surface area contributed by atoms with Crippen LogP contribution in [0.5, 0.6) is 0 Å². The number of aryl methyl sites for hydroxylation is 3. The van der Waals surface area contributed by atoms with Gasteiger partial charge in [0.05, 0.1) is 5.60 Å². The second-order valence-corrected chi connectivity index (χ2v) is 6.96. The maximum atomic E-state index is 11.2. The summed E-state index contributed by atoms with van der Waals surface area (Å²) in [5, 5.41) is 11.2. The first-order valence-electron chi connectivity index (χ1n) is 8.03. The van der Waals surface area contributed by atoms with Gasteiger partial charge in [0, 0.05) is 19.0 Å². The first kappa shape index (κ1) is 14.1. The Morgan fingerprint density at radius 2 is 1.85 bits per heavy atom. The van der Waals surface area contributed by atoms with Crippen molar-refractivity contribution >= 4 is 0 Å². The number of hydrogen-bond acceptors (Lipinski definition) is 2. The second kappa shape index (κ2) is 5.16. The molecule has 0 radical (unpaired) electrons. The number of hydrogen-bond donors (Lipinski definition) is 1. The van der Waals surface area contributed by atoms with Crippen LogP contribution < -0.4 is 0 Å². The average Bonchev–Trinajstić information content (AvgIpc) is 2.73. The molecule has 0 aliphatic carbocycles. The van der Waals surface area contributed by atoms with Crippen LogP contribution in [0.25, 0.3) is 0 Å². The van der Waals surface area contributed by atoms with E-state index in [9.17, 15) is 5.11 Å². The summed E-state index contributed by atoms with van der Waals surface area (Å²) in [5.74, 6) is 0. The molecular weight excluding hydrogens is 246 g/mol. The van der Waals surface area contributed by atoms with Crippen molar-refractivity contribution < 1.29 is 5.11 Å². The van der Waals surface area contributed by atoms with Crippen molar-refractivity contribution in [1.82, 2.24) is 4.90 Å². The molecule has 0 spiro atoms. The van der Waals surface area contributed by atoms with E-state index in [1.165, 1.54) is 48.1 Å². The summed E-state index contributed by atoms with van der Waals surface area (Å²) in [4.78, 5) is 2.52. The van der Waals surface area contributed by atoms with Crippen molar-refractivity contribution in [2.45, 2.75) is 64.5 Å². The monoisotopic (exact) mass is 273 g/mol. The van der Waals surface area contributed by atoms with Crippen molar-refractivity contribution in [3.05, 3.63) is 34.4 Å². The zero-order chi connectivity index (χ0) is 14.3. The van der Waals surface area contributed by atoms with Gasteiger partial charge in [0.1, 0.15) is 0 Å². The van der Waals surface area contributed by atoms with Crippen molar-refractivity contribution in [2.75, 3.05) is 13.1 Å². The van der Waals surface area contributed by atoms with Crippen LogP contribution in [-0.2, 0) is 6.42 Å². The maximum Gasteiger partial charge on any atom is 0.0854 e. The van der Waals surface area contributed by atoms with Gasteiger partial charge >= 0.3 is 0 Å². The van der Waals surface area contributed by atoms with Crippen LogP contribution in [0.15, 0.2) is 12.1 Å². The van der Waals surface area contributed by atoms with E-state index < -0.39 is 5.60 Å². The Kier molecular flexibility index (Phi) is 3.64. The van der Waals surface area contributed by atoms with Crippen LogP contribution in [0.1, 0.15) is 47.9 Å². The summed E-state index contributed by atoms with van der Waals surface area (Å²) in [7, 11) is 0. The predicted octanol–water partition coefficient (Wildman–Crippen LogP) is 3.14. The minimum absolute atomic E-state index is 0.386. The average molecular weight is 273 g/mol. The number of nitrogens with zero attached hydrogens (tertiary/aromatic N) is 1. The van der Waals surface area contributed by atoms with E-state index >= 15 is 0 Å². The van der Waals surface area contributed by atoms with Crippen molar-refractivity contribution in [3.63, 3.8) is 0 Å². The molecule has 20 heavy (non-hydrogen) atoms. The van der Waals surface area contributed by atoms with E-state index in [-0.39, 0.29) is 0 Å². The third-order valence-electron chi connectivity index (χ3n) is 5.39. The number of fused-ring (bicyclic) bond motifs is 1. The van der Waals surface area contributed by atoms with Crippen molar-refractivity contribution in [2.24, 2.45) is 0 Å². The molecule has 2 nitrogen and oxygen atoms in total. The molecular formula is C18H27NO. The van der Waals surface area contributed by atoms with E-state index in [0.29, 0.717) is 6.04 Å². The van der Waals surface area contributed by atoms with Crippen LogP contribution in [0.4, 0.5) is 0 Å². The lowest BCUT2D eigenvalue weighted by Gasteiger charge is -2.38. The molecule has 0 bridgehead atoms. The Balaban J connectivity index is 1.87. The fourth-order valence-electron chi connectivity index (χ4n) is 4.37. The molecule has 1 aromatic carbocycles. The molecule has 2 heteroatoms. The van der Waals surface area contributed by atoms with Crippen LogP contribution in [0.3, 0.4) is 0 Å². The smallest absolute Gasteiger partial charge is 0.0854 e. The lowest BCUT2D eigenvalue weighted by Crippen LogP contribution is -2.48. The number of aliphatic hydroxyl groups is 1. The van der Waals surface area contributed by atoms with Gasteiger partial charge in [0.2, 0.25) is 0 Å². The second-order valence-electron chi connectivity index (χ2n) is 6.96. The normalized spacial score (nSPS) is 30.5. The topological polar surface area (TPSA) is 23.5 Å². The largest absolute Gasteiger partial charge is 0.388 e. The van der Waals surface area contributed by atoms with Gasteiger partial charge in [-0.3, -0.25) is 4.90 Å². The number of benzene rings is 1. The molecule has 0 aromatic heterocycles. The lowest BCUT2D eigenvalue weighted by molar-refractivity contribution is -0.00908. The highest BCUT2D eigenvalue weighted by Gasteiger charge is 2.46. The molecule has 1 N–H and O–H groups in total. The van der Waals surface area contributed by atoms with E-state index in [0.717, 1.165) is 19.4 Å². The summed E-state index contributed by atoms with van der Waals surface area (Å²) >= 11 is 0. The minimum Gasteiger partial charge on any atom is -0.388 e. The Morgan fingerprint density at radius 3 is 2.55 bits per heavy atom. The SMILES string of the molecule is Cc1cc(C)c(CC2(O)CCN3CCCCC32)c(C)c1. The molecule has 3 rings (SSSR count). The summed E-state index contributed by atoms with van der Waals surface area (Å²) in [6, 6.07) is 4.88. The van der Waals surface area contributed by atoms with Gasteiger partial charge in [0.25, 0.3) is 0 Å². The predicted molar refractivity (Wildman–Crippen MR) is 83.1 cm³/mol. The Bertz CT molecular complexity index is 487. The van der Waals surface area contributed by atoms with E-state index in [2.05, 4.69) is 37.8 Å². The fraction of sp³-hybridized carbons (Fsp3) is 0.667. The number of rotatable bonds is 2. The molecule has 1 aromatic rings. The van der Waals surface area contributed by atoms with Gasteiger partial charge in [-0.15, -0.1) is 0 Å².